The van der Waals surface area contributed by atoms with E-state index in [4.69, 9.17) is 9.84 Å². The number of aromatic nitrogens is 4. The molecule has 0 aliphatic heterocycles. The smallest absolute Gasteiger partial charge is 0.303 e. The predicted octanol–water partition coefficient (Wildman–Crippen LogP) is 1.76. The van der Waals surface area contributed by atoms with E-state index in [1.807, 2.05) is 4.68 Å². The predicted molar refractivity (Wildman–Crippen MR) is 73.7 cm³/mol. The van der Waals surface area contributed by atoms with Gasteiger partial charge in [0.1, 0.15) is 0 Å². The molecule has 0 radical (unpaired) electrons. The summed E-state index contributed by atoms with van der Waals surface area (Å²) in [5.74, 6) is -0.0613. The Morgan fingerprint density at radius 3 is 3.05 bits per heavy atom. The first kappa shape index (κ1) is 15.2. The van der Waals surface area contributed by atoms with Crippen molar-refractivity contribution in [3.05, 3.63) is 0 Å². The third kappa shape index (κ3) is 3.92. The minimum atomic E-state index is -0.767. The molecule has 2 atom stereocenters. The van der Waals surface area contributed by atoms with Gasteiger partial charge in [-0.3, -0.25) is 4.79 Å². The van der Waals surface area contributed by atoms with Gasteiger partial charge < -0.3 is 9.84 Å². The number of nitrogens with zero attached hydrogens (tertiary/aromatic N) is 4. The Labute approximate surface area is 122 Å². The van der Waals surface area contributed by atoms with Crippen molar-refractivity contribution < 1.29 is 14.6 Å². The van der Waals surface area contributed by atoms with Crippen molar-refractivity contribution in [3.8, 4) is 0 Å². The lowest BCUT2D eigenvalue weighted by Gasteiger charge is -2.30. The average Bonchev–Trinajstić information content (AvgIpc) is 2.91. The van der Waals surface area contributed by atoms with Crippen LogP contribution in [0.4, 0.5) is 0 Å². The van der Waals surface area contributed by atoms with E-state index in [-0.39, 0.29) is 18.6 Å². The molecule has 1 fully saturated rings. The molecule has 2 rings (SSSR count). The Kier molecular flexibility index (Phi) is 5.78. The molecule has 1 aromatic rings. The molecular formula is C12H20N4O3S. The highest BCUT2D eigenvalue weighted by Gasteiger charge is 2.29. The van der Waals surface area contributed by atoms with Crippen LogP contribution in [0.15, 0.2) is 5.16 Å². The van der Waals surface area contributed by atoms with Gasteiger partial charge >= 0.3 is 5.97 Å². The third-order valence-corrected chi connectivity index (χ3v) is 4.53. The van der Waals surface area contributed by atoms with Gasteiger partial charge in [0.2, 0.25) is 5.16 Å². The summed E-state index contributed by atoms with van der Waals surface area (Å²) in [6, 6.07) is 0.186. The fraction of sp³-hybridized carbons (Fsp3) is 0.833. The quantitative estimate of drug-likeness (QED) is 0.606. The van der Waals surface area contributed by atoms with Gasteiger partial charge in [-0.2, -0.15) is 0 Å². The first-order valence-corrected chi connectivity index (χ1v) is 7.86. The van der Waals surface area contributed by atoms with Crippen molar-refractivity contribution in [2.24, 2.45) is 0 Å². The molecule has 7 nitrogen and oxygen atoms in total. The third-order valence-electron chi connectivity index (χ3n) is 3.51. The summed E-state index contributed by atoms with van der Waals surface area (Å²) in [4.78, 5) is 10.5. The zero-order valence-corrected chi connectivity index (χ0v) is 12.4. The largest absolute Gasteiger partial charge is 0.481 e. The number of methoxy groups -OCH3 is 1. The van der Waals surface area contributed by atoms with Crippen LogP contribution >= 0.6 is 11.8 Å². The zero-order chi connectivity index (χ0) is 14.4. The maximum Gasteiger partial charge on any atom is 0.303 e. The maximum absolute atomic E-state index is 10.5. The second kappa shape index (κ2) is 7.58. The van der Waals surface area contributed by atoms with Crippen LogP contribution in [0.5, 0.6) is 0 Å². The van der Waals surface area contributed by atoms with Crippen LogP contribution in [-0.2, 0) is 9.53 Å². The van der Waals surface area contributed by atoms with Crippen LogP contribution < -0.4 is 0 Å². The number of carboxylic acids is 1. The van der Waals surface area contributed by atoms with Crippen LogP contribution in [0, 0.1) is 0 Å². The maximum atomic E-state index is 10.5. The zero-order valence-electron chi connectivity index (χ0n) is 11.6. The van der Waals surface area contributed by atoms with Gasteiger partial charge in [-0.15, -0.1) is 5.10 Å². The lowest BCUT2D eigenvalue weighted by molar-refractivity contribution is -0.137. The molecule has 0 bridgehead atoms. The van der Waals surface area contributed by atoms with Crippen molar-refractivity contribution >= 4 is 17.7 Å². The molecule has 8 heteroatoms. The molecule has 0 amide bonds. The van der Waals surface area contributed by atoms with Gasteiger partial charge in [0, 0.05) is 19.3 Å². The van der Waals surface area contributed by atoms with Gasteiger partial charge in [-0.25, -0.2) is 4.68 Å². The molecule has 2 unspecified atom stereocenters. The summed E-state index contributed by atoms with van der Waals surface area (Å²) in [5.41, 5.74) is 0. The fourth-order valence-corrected chi connectivity index (χ4v) is 3.38. The molecule has 0 saturated heterocycles. The number of carbonyl (C=O) groups is 1. The molecule has 1 saturated carbocycles. The van der Waals surface area contributed by atoms with E-state index >= 15 is 0 Å². The number of hydrogen-bond acceptors (Lipinski definition) is 6. The second-order valence-electron chi connectivity index (χ2n) is 4.88. The number of thioether (sulfide) groups is 1. The highest BCUT2D eigenvalue weighted by atomic mass is 32.2. The summed E-state index contributed by atoms with van der Waals surface area (Å²) >= 11 is 1.51. The molecule has 1 N–H and O–H groups in total. The van der Waals surface area contributed by atoms with Gasteiger partial charge in [-0.05, 0) is 29.7 Å². The monoisotopic (exact) mass is 300 g/mol. The van der Waals surface area contributed by atoms with Crippen molar-refractivity contribution in [2.75, 3.05) is 12.9 Å². The van der Waals surface area contributed by atoms with Crippen molar-refractivity contribution in [1.82, 2.24) is 20.2 Å². The van der Waals surface area contributed by atoms with E-state index in [2.05, 4.69) is 15.5 Å². The molecule has 1 heterocycles. The van der Waals surface area contributed by atoms with E-state index in [1.54, 1.807) is 7.11 Å². The number of rotatable bonds is 7. The van der Waals surface area contributed by atoms with Crippen LogP contribution in [0.1, 0.15) is 44.6 Å². The summed E-state index contributed by atoms with van der Waals surface area (Å²) in [5, 5.41) is 21.3. The normalized spacial score (nSPS) is 22.9. The number of aliphatic carboxylic acids is 1. The van der Waals surface area contributed by atoms with E-state index in [0.717, 1.165) is 24.4 Å². The number of ether oxygens (including phenoxy) is 1. The molecule has 1 aromatic heterocycles. The molecule has 20 heavy (non-hydrogen) atoms. The number of hydrogen-bond donors (Lipinski definition) is 1. The molecule has 112 valence electrons. The molecule has 1 aliphatic carbocycles. The van der Waals surface area contributed by atoms with Crippen molar-refractivity contribution in [3.63, 3.8) is 0 Å². The first-order valence-electron chi connectivity index (χ1n) is 6.87. The Morgan fingerprint density at radius 2 is 2.30 bits per heavy atom. The van der Waals surface area contributed by atoms with Crippen LogP contribution in [0.3, 0.4) is 0 Å². The van der Waals surface area contributed by atoms with Gasteiger partial charge in [0.15, 0.2) is 0 Å². The topological polar surface area (TPSA) is 90.1 Å². The number of carboxylic acid groups (broad SMARTS) is 1. The minimum Gasteiger partial charge on any atom is -0.481 e. The lowest BCUT2D eigenvalue weighted by atomic mass is 9.92. The van der Waals surface area contributed by atoms with Crippen molar-refractivity contribution in [2.45, 2.75) is 55.8 Å². The lowest BCUT2D eigenvalue weighted by Crippen LogP contribution is -2.30. The minimum absolute atomic E-state index is 0.158. The Balaban J connectivity index is 1.94. The SMILES string of the molecule is COC1CCCCC1n1nnnc1SCCCC(=O)O. The van der Waals surface area contributed by atoms with Gasteiger partial charge in [0.05, 0.1) is 12.1 Å². The number of tetrazole rings is 1. The first-order chi connectivity index (χ1) is 9.72. The summed E-state index contributed by atoms with van der Waals surface area (Å²) in [6.07, 6.45) is 5.34. The van der Waals surface area contributed by atoms with Crippen LogP contribution in [-0.4, -0.2) is 50.2 Å². The Bertz CT molecular complexity index is 440. The van der Waals surface area contributed by atoms with Gasteiger partial charge in [-0.1, -0.05) is 24.6 Å². The summed E-state index contributed by atoms with van der Waals surface area (Å²) in [7, 11) is 1.73. The summed E-state index contributed by atoms with van der Waals surface area (Å²) in [6.45, 7) is 0. The average molecular weight is 300 g/mol. The Morgan fingerprint density at radius 1 is 1.50 bits per heavy atom. The summed E-state index contributed by atoms with van der Waals surface area (Å²) < 4.78 is 7.38. The van der Waals surface area contributed by atoms with Crippen LogP contribution in [0.2, 0.25) is 0 Å². The molecule has 0 spiro atoms. The van der Waals surface area contributed by atoms with Crippen LogP contribution in [0.25, 0.3) is 0 Å². The van der Waals surface area contributed by atoms with E-state index in [0.29, 0.717) is 12.2 Å². The van der Waals surface area contributed by atoms with Crippen molar-refractivity contribution in [1.29, 1.82) is 0 Å². The van der Waals surface area contributed by atoms with Gasteiger partial charge in [0.25, 0.3) is 0 Å². The fourth-order valence-electron chi connectivity index (χ4n) is 2.51. The standard InChI is InChI=1S/C12H20N4O3S/c1-19-10-6-3-2-5-9(10)16-12(13-14-15-16)20-8-4-7-11(17)18/h9-10H,2-8H2,1H3,(H,17,18). The second-order valence-corrected chi connectivity index (χ2v) is 5.94. The molecular weight excluding hydrogens is 280 g/mol. The van der Waals surface area contributed by atoms with E-state index < -0.39 is 5.97 Å². The Hall–Kier alpha value is -1.15. The molecule has 1 aliphatic rings. The highest BCUT2D eigenvalue weighted by Crippen LogP contribution is 2.32. The molecule has 0 aromatic carbocycles. The highest BCUT2D eigenvalue weighted by molar-refractivity contribution is 7.99. The van der Waals surface area contributed by atoms with E-state index in [1.165, 1.54) is 18.2 Å². The van der Waals surface area contributed by atoms with E-state index in [9.17, 15) is 4.79 Å².